The third-order valence-electron chi connectivity index (χ3n) is 6.47. The molecule has 0 aliphatic carbocycles. The molecule has 36 heavy (non-hydrogen) atoms. The summed E-state index contributed by atoms with van der Waals surface area (Å²) in [7, 11) is 0. The number of ether oxygens (including phenoxy) is 1. The molecular formula is C27H31Cl2N3O4. The number of piperidine rings is 1. The lowest BCUT2D eigenvalue weighted by Gasteiger charge is -2.33. The zero-order valence-electron chi connectivity index (χ0n) is 20.4. The third kappa shape index (κ3) is 6.59. The summed E-state index contributed by atoms with van der Waals surface area (Å²) in [5, 5.41) is 18.6. The predicted octanol–water partition coefficient (Wildman–Crippen LogP) is 6.67. The molecule has 1 aromatic carbocycles. The Morgan fingerprint density at radius 1 is 1.25 bits per heavy atom. The molecule has 9 heteroatoms. The average molecular weight is 532 g/mol. The molecule has 1 aliphatic heterocycles. The normalized spacial score (nSPS) is 16.1. The van der Waals surface area contributed by atoms with Crippen molar-refractivity contribution in [2.45, 2.75) is 39.2 Å². The van der Waals surface area contributed by atoms with Crippen LogP contribution in [0.4, 0.5) is 0 Å². The number of aliphatic hydroxyl groups is 1. The third-order valence-corrected chi connectivity index (χ3v) is 7.15. The summed E-state index contributed by atoms with van der Waals surface area (Å²) in [5.74, 6) is 2.15. The smallest absolute Gasteiger partial charge is 0.283 e. The number of likely N-dealkylation sites (tertiary alicyclic amines) is 1. The van der Waals surface area contributed by atoms with Gasteiger partial charge in [-0.25, -0.2) is 0 Å². The second kappa shape index (κ2) is 12.6. The van der Waals surface area contributed by atoms with Crippen LogP contribution in [-0.2, 0) is 6.61 Å². The van der Waals surface area contributed by atoms with Gasteiger partial charge >= 0.3 is 0 Å². The first kappa shape index (κ1) is 26.5. The van der Waals surface area contributed by atoms with Crippen LogP contribution in [-0.4, -0.2) is 46.4 Å². The predicted molar refractivity (Wildman–Crippen MR) is 142 cm³/mol. The van der Waals surface area contributed by atoms with Crippen molar-refractivity contribution in [2.24, 2.45) is 5.92 Å². The highest BCUT2D eigenvalue weighted by Crippen LogP contribution is 2.33. The maximum Gasteiger partial charge on any atom is 0.283 e. The van der Waals surface area contributed by atoms with Gasteiger partial charge in [-0.05, 0) is 63.7 Å². The Bertz CT molecular complexity index is 1240. The fourth-order valence-corrected chi connectivity index (χ4v) is 4.67. The average Bonchev–Trinajstić information content (AvgIpc) is 3.55. The van der Waals surface area contributed by atoms with Crippen LogP contribution in [0.5, 0.6) is 5.75 Å². The second-order valence-electron chi connectivity index (χ2n) is 8.78. The maximum absolute atomic E-state index is 9.14. The molecule has 1 N–H and O–H groups in total. The van der Waals surface area contributed by atoms with Crippen LogP contribution in [0.1, 0.15) is 38.5 Å². The van der Waals surface area contributed by atoms with Crippen molar-refractivity contribution in [3.63, 3.8) is 0 Å². The molecule has 1 aliphatic rings. The first-order valence-electron chi connectivity index (χ1n) is 12.1. The quantitative estimate of drug-likeness (QED) is 0.168. The van der Waals surface area contributed by atoms with E-state index in [1.165, 1.54) is 5.57 Å². The lowest BCUT2D eigenvalue weighted by atomic mass is 9.87. The number of halogens is 2. The molecule has 0 saturated carbocycles. The largest absolute Gasteiger partial charge is 0.493 e. The second-order valence-corrected chi connectivity index (χ2v) is 9.64. The first-order chi connectivity index (χ1) is 17.5. The van der Waals surface area contributed by atoms with Crippen LogP contribution in [0.15, 0.2) is 67.5 Å². The number of fused-ring (bicyclic) bond motifs is 1. The van der Waals surface area contributed by atoms with E-state index >= 15 is 0 Å². The highest BCUT2D eigenvalue weighted by Gasteiger charge is 2.21. The molecule has 3 aromatic rings. The molecule has 0 bridgehead atoms. The van der Waals surface area contributed by atoms with Crippen LogP contribution in [0, 0.1) is 5.92 Å². The molecule has 0 amide bonds. The number of hydrogen-bond donors (Lipinski definition) is 1. The first-order valence-corrected chi connectivity index (χ1v) is 12.9. The van der Waals surface area contributed by atoms with E-state index in [2.05, 4.69) is 34.7 Å². The number of allylic oxidation sites excluding steroid dienone is 5. The highest BCUT2D eigenvalue weighted by atomic mass is 35.5. The molecule has 3 heterocycles. The van der Waals surface area contributed by atoms with Gasteiger partial charge in [0.2, 0.25) is 5.89 Å². The van der Waals surface area contributed by atoms with E-state index in [0.29, 0.717) is 33.9 Å². The van der Waals surface area contributed by atoms with Crippen molar-refractivity contribution in [3.05, 3.63) is 64.5 Å². The fourth-order valence-electron chi connectivity index (χ4n) is 4.52. The van der Waals surface area contributed by atoms with Gasteiger partial charge in [0.15, 0.2) is 5.76 Å². The summed E-state index contributed by atoms with van der Waals surface area (Å²) in [6.07, 6.45) is 8.18. The van der Waals surface area contributed by atoms with Gasteiger partial charge in [-0.2, -0.15) is 0 Å². The van der Waals surface area contributed by atoms with Crippen molar-refractivity contribution in [2.75, 3.05) is 26.2 Å². The maximum atomic E-state index is 9.14. The van der Waals surface area contributed by atoms with Crippen molar-refractivity contribution < 1.29 is 18.7 Å². The van der Waals surface area contributed by atoms with Crippen LogP contribution in [0.2, 0.25) is 0 Å². The molecule has 1 saturated heterocycles. The van der Waals surface area contributed by atoms with Gasteiger partial charge < -0.3 is 23.6 Å². The van der Waals surface area contributed by atoms with Gasteiger partial charge in [-0.15, -0.1) is 10.2 Å². The lowest BCUT2D eigenvalue weighted by Crippen LogP contribution is -2.35. The number of hydrogen-bond acceptors (Lipinski definition) is 7. The molecular weight excluding hydrogens is 501 g/mol. The molecule has 4 rings (SSSR count). The van der Waals surface area contributed by atoms with Gasteiger partial charge in [-0.1, -0.05) is 53.6 Å². The highest BCUT2D eigenvalue weighted by molar-refractivity contribution is 6.43. The minimum atomic E-state index is -0.312. The molecule has 0 radical (unpaired) electrons. The van der Waals surface area contributed by atoms with Crippen molar-refractivity contribution >= 4 is 34.2 Å². The summed E-state index contributed by atoms with van der Waals surface area (Å²) in [5.41, 5.74) is 2.09. The van der Waals surface area contributed by atoms with Gasteiger partial charge in [0.05, 0.1) is 22.1 Å². The van der Waals surface area contributed by atoms with Crippen molar-refractivity contribution in [1.29, 1.82) is 0 Å². The van der Waals surface area contributed by atoms with Crippen LogP contribution in [0.3, 0.4) is 0 Å². The van der Waals surface area contributed by atoms with E-state index in [-0.39, 0.29) is 18.4 Å². The molecule has 0 atom stereocenters. The minimum Gasteiger partial charge on any atom is -0.493 e. The Balaban J connectivity index is 1.24. The van der Waals surface area contributed by atoms with E-state index in [0.717, 1.165) is 56.5 Å². The Morgan fingerprint density at radius 3 is 2.75 bits per heavy atom. The number of benzene rings is 1. The number of furan rings is 1. The standard InChI is InChI=1S/C27H31Cl2N3O4/c1-3-19(8-9-22(29)18(2)28)20-10-13-32(14-11-20)12-5-15-34-23-6-4-7-24-21(23)16-25(35-24)27-31-30-26(17-33)36-27/h3-4,6-7,9,16,20,33H,2,5,8,10-15,17H2,1H3/b19-3+,22-9-. The van der Waals surface area contributed by atoms with E-state index in [1.807, 2.05) is 30.3 Å². The molecule has 0 unspecified atom stereocenters. The Morgan fingerprint density at radius 2 is 2.06 bits per heavy atom. The number of aliphatic hydroxyl groups excluding tert-OH is 1. The van der Waals surface area contributed by atoms with Gasteiger partial charge in [0.25, 0.3) is 5.89 Å². The van der Waals surface area contributed by atoms with Gasteiger partial charge in [0, 0.05) is 12.6 Å². The van der Waals surface area contributed by atoms with E-state index in [4.69, 9.17) is 41.9 Å². The Hall–Kier alpha value is -2.58. The topological polar surface area (TPSA) is 84.8 Å². The van der Waals surface area contributed by atoms with Gasteiger partial charge in [0.1, 0.15) is 17.9 Å². The fraction of sp³-hybridized carbons (Fsp3) is 0.407. The van der Waals surface area contributed by atoms with Gasteiger partial charge in [-0.3, -0.25) is 0 Å². The van der Waals surface area contributed by atoms with Crippen LogP contribution < -0.4 is 4.74 Å². The van der Waals surface area contributed by atoms with Crippen LogP contribution in [0.25, 0.3) is 22.6 Å². The van der Waals surface area contributed by atoms with E-state index < -0.39 is 0 Å². The zero-order valence-corrected chi connectivity index (χ0v) is 21.9. The monoisotopic (exact) mass is 531 g/mol. The zero-order chi connectivity index (χ0) is 25.5. The molecule has 7 nitrogen and oxygen atoms in total. The molecule has 0 spiro atoms. The SMILES string of the molecule is C=C(Cl)/C(Cl)=C/C/C(=C\C)C1CCN(CCCOc2cccc3oc(-c4nnc(CO)o4)cc23)CC1. The number of rotatable bonds is 11. The summed E-state index contributed by atoms with van der Waals surface area (Å²) >= 11 is 12.0. The summed E-state index contributed by atoms with van der Waals surface area (Å²) < 4.78 is 17.3. The summed E-state index contributed by atoms with van der Waals surface area (Å²) in [4.78, 5) is 2.50. The Kier molecular flexibility index (Phi) is 9.26. The summed E-state index contributed by atoms with van der Waals surface area (Å²) in [6.45, 7) is 9.20. The molecule has 1 fully saturated rings. The lowest BCUT2D eigenvalue weighted by molar-refractivity contribution is 0.182. The number of aromatic nitrogens is 2. The van der Waals surface area contributed by atoms with Crippen LogP contribution >= 0.6 is 23.2 Å². The molecule has 192 valence electrons. The van der Waals surface area contributed by atoms with E-state index in [9.17, 15) is 0 Å². The van der Waals surface area contributed by atoms with Crippen molar-refractivity contribution in [3.8, 4) is 17.4 Å². The molecule has 2 aromatic heterocycles. The number of nitrogens with zero attached hydrogens (tertiary/aromatic N) is 3. The van der Waals surface area contributed by atoms with Crippen molar-refractivity contribution in [1.82, 2.24) is 15.1 Å². The minimum absolute atomic E-state index is 0.145. The Labute approximate surface area is 221 Å². The van der Waals surface area contributed by atoms with E-state index in [1.54, 1.807) is 0 Å². The summed E-state index contributed by atoms with van der Waals surface area (Å²) in [6, 6.07) is 7.52.